The third-order valence-electron chi connectivity index (χ3n) is 4.32. The highest BCUT2D eigenvalue weighted by Gasteiger charge is 2.27. The number of rotatable bonds is 5. The summed E-state index contributed by atoms with van der Waals surface area (Å²) < 4.78 is 0. The van der Waals surface area contributed by atoms with E-state index in [0.717, 1.165) is 0 Å². The van der Waals surface area contributed by atoms with Crippen LogP contribution in [-0.2, 0) is 6.42 Å². The normalized spacial score (nSPS) is 24.1. The third kappa shape index (κ3) is 3.56. The van der Waals surface area contributed by atoms with Gasteiger partial charge in [0.1, 0.15) is 0 Å². The summed E-state index contributed by atoms with van der Waals surface area (Å²) in [6.45, 7) is 6.91. The Morgan fingerprint density at radius 3 is 2.61 bits per heavy atom. The maximum atomic E-state index is 6.00. The van der Waals surface area contributed by atoms with E-state index in [4.69, 9.17) is 5.73 Å². The molecule has 1 heterocycles. The second kappa shape index (κ2) is 6.35. The minimum Gasteiger partial charge on any atom is -0.328 e. The minimum absolute atomic E-state index is 0.344. The van der Waals surface area contributed by atoms with Gasteiger partial charge in [-0.05, 0) is 51.1 Å². The molecule has 1 aliphatic rings. The van der Waals surface area contributed by atoms with Crippen LogP contribution in [0.3, 0.4) is 0 Å². The topological polar surface area (TPSA) is 29.3 Å². The molecule has 0 aromatic heterocycles. The lowest BCUT2D eigenvalue weighted by Gasteiger charge is -2.25. The lowest BCUT2D eigenvalue weighted by atomic mass is 10.0. The first-order valence-corrected chi connectivity index (χ1v) is 7.20. The molecule has 2 N–H and O–H groups in total. The smallest absolute Gasteiger partial charge is 0.00702 e. The summed E-state index contributed by atoms with van der Waals surface area (Å²) in [7, 11) is 0. The molecule has 100 valence electrons. The molecule has 3 atom stereocenters. The number of hydrogen-bond acceptors (Lipinski definition) is 2. The summed E-state index contributed by atoms with van der Waals surface area (Å²) in [5.74, 6) is 0.698. The van der Waals surface area contributed by atoms with Gasteiger partial charge in [0.2, 0.25) is 0 Å². The predicted octanol–water partition coefficient (Wildman–Crippen LogP) is 2.68. The maximum Gasteiger partial charge on any atom is 0.00702 e. The zero-order valence-electron chi connectivity index (χ0n) is 11.7. The zero-order valence-corrected chi connectivity index (χ0v) is 11.7. The lowest BCUT2D eigenvalue weighted by molar-refractivity contribution is 0.234. The molecule has 0 aliphatic carbocycles. The summed E-state index contributed by atoms with van der Waals surface area (Å²) >= 11 is 0. The van der Waals surface area contributed by atoms with Crippen molar-refractivity contribution in [2.24, 2.45) is 11.7 Å². The van der Waals surface area contributed by atoms with Crippen molar-refractivity contribution in [3.05, 3.63) is 35.9 Å². The van der Waals surface area contributed by atoms with E-state index in [2.05, 4.69) is 49.1 Å². The van der Waals surface area contributed by atoms with E-state index in [9.17, 15) is 0 Å². The van der Waals surface area contributed by atoms with Crippen molar-refractivity contribution in [3.63, 3.8) is 0 Å². The van der Waals surface area contributed by atoms with Crippen LogP contribution in [0.2, 0.25) is 0 Å². The Morgan fingerprint density at radius 1 is 1.28 bits per heavy atom. The van der Waals surface area contributed by atoms with Gasteiger partial charge in [0, 0.05) is 18.6 Å². The molecule has 1 saturated heterocycles. The summed E-state index contributed by atoms with van der Waals surface area (Å²) in [5.41, 5.74) is 7.45. The van der Waals surface area contributed by atoms with E-state index in [1.54, 1.807) is 0 Å². The molecule has 2 heteroatoms. The average Bonchev–Trinajstić information content (AvgIpc) is 2.87. The number of hydrogen-bond donors (Lipinski definition) is 1. The van der Waals surface area contributed by atoms with Crippen molar-refractivity contribution in [2.45, 2.75) is 45.2 Å². The van der Waals surface area contributed by atoms with Crippen molar-refractivity contribution >= 4 is 0 Å². The maximum absolute atomic E-state index is 6.00. The van der Waals surface area contributed by atoms with Gasteiger partial charge in [0.25, 0.3) is 0 Å². The number of benzene rings is 1. The van der Waals surface area contributed by atoms with Gasteiger partial charge in [-0.3, -0.25) is 0 Å². The number of nitrogens with zero attached hydrogens (tertiary/aromatic N) is 1. The van der Waals surface area contributed by atoms with Crippen LogP contribution >= 0.6 is 0 Å². The van der Waals surface area contributed by atoms with Crippen LogP contribution in [0.15, 0.2) is 30.3 Å². The van der Waals surface area contributed by atoms with Crippen LogP contribution in [0, 0.1) is 5.92 Å². The van der Waals surface area contributed by atoms with Crippen LogP contribution in [0.25, 0.3) is 0 Å². The fraction of sp³-hybridized carbons (Fsp3) is 0.625. The molecule has 0 saturated carbocycles. The van der Waals surface area contributed by atoms with Crippen molar-refractivity contribution in [3.8, 4) is 0 Å². The molecule has 1 aromatic rings. The molecular formula is C16H26N2. The Kier molecular flexibility index (Phi) is 4.79. The van der Waals surface area contributed by atoms with Crippen LogP contribution in [0.1, 0.15) is 32.3 Å². The average molecular weight is 246 g/mol. The summed E-state index contributed by atoms with van der Waals surface area (Å²) in [4.78, 5) is 2.61. The van der Waals surface area contributed by atoms with Crippen molar-refractivity contribution in [1.29, 1.82) is 0 Å². The molecule has 1 aliphatic heterocycles. The van der Waals surface area contributed by atoms with Gasteiger partial charge in [-0.15, -0.1) is 0 Å². The second-order valence-corrected chi connectivity index (χ2v) is 5.78. The van der Waals surface area contributed by atoms with Crippen molar-refractivity contribution in [1.82, 2.24) is 4.90 Å². The first-order valence-electron chi connectivity index (χ1n) is 7.20. The van der Waals surface area contributed by atoms with Gasteiger partial charge in [0.05, 0.1) is 0 Å². The van der Waals surface area contributed by atoms with E-state index in [1.807, 2.05) is 0 Å². The van der Waals surface area contributed by atoms with Crippen LogP contribution < -0.4 is 5.73 Å². The molecule has 2 nitrogen and oxygen atoms in total. The fourth-order valence-corrected chi connectivity index (χ4v) is 2.85. The first-order chi connectivity index (χ1) is 8.66. The molecule has 0 spiro atoms. The van der Waals surface area contributed by atoms with E-state index in [0.29, 0.717) is 18.0 Å². The minimum atomic E-state index is 0.344. The van der Waals surface area contributed by atoms with E-state index >= 15 is 0 Å². The quantitative estimate of drug-likeness (QED) is 0.865. The van der Waals surface area contributed by atoms with Crippen molar-refractivity contribution < 1.29 is 0 Å². The standard InChI is InChI=1S/C16H26N2/c1-13(8-9-15-6-4-3-5-7-15)18-11-10-16(12-18)14(2)17/h3-7,13-14,16H,8-12,17H2,1-2H3. The summed E-state index contributed by atoms with van der Waals surface area (Å²) in [6.07, 6.45) is 3.70. The molecule has 1 aromatic carbocycles. The van der Waals surface area contributed by atoms with E-state index in [-0.39, 0.29) is 0 Å². The lowest BCUT2D eigenvalue weighted by Crippen LogP contribution is -2.34. The van der Waals surface area contributed by atoms with Crippen LogP contribution in [0.4, 0.5) is 0 Å². The number of nitrogens with two attached hydrogens (primary N) is 1. The molecule has 0 bridgehead atoms. The molecule has 0 amide bonds. The largest absolute Gasteiger partial charge is 0.328 e. The third-order valence-corrected chi connectivity index (χ3v) is 4.32. The van der Waals surface area contributed by atoms with Gasteiger partial charge in [-0.2, -0.15) is 0 Å². The Bertz CT molecular complexity index is 347. The Balaban J connectivity index is 1.77. The Labute approximate surface area is 111 Å². The second-order valence-electron chi connectivity index (χ2n) is 5.78. The van der Waals surface area contributed by atoms with Crippen LogP contribution in [0.5, 0.6) is 0 Å². The zero-order chi connectivity index (χ0) is 13.0. The van der Waals surface area contributed by atoms with Gasteiger partial charge in [-0.25, -0.2) is 0 Å². The van der Waals surface area contributed by atoms with Crippen LogP contribution in [-0.4, -0.2) is 30.1 Å². The highest BCUT2D eigenvalue weighted by molar-refractivity contribution is 5.14. The fourth-order valence-electron chi connectivity index (χ4n) is 2.85. The monoisotopic (exact) mass is 246 g/mol. The van der Waals surface area contributed by atoms with Crippen molar-refractivity contribution in [2.75, 3.05) is 13.1 Å². The highest BCUT2D eigenvalue weighted by atomic mass is 15.2. The molecule has 1 fully saturated rings. The molecular weight excluding hydrogens is 220 g/mol. The van der Waals surface area contributed by atoms with Gasteiger partial charge < -0.3 is 10.6 Å². The van der Waals surface area contributed by atoms with Gasteiger partial charge >= 0.3 is 0 Å². The SMILES string of the molecule is CC(N)C1CCN(C(C)CCc2ccccc2)C1. The summed E-state index contributed by atoms with van der Waals surface area (Å²) in [6, 6.07) is 11.8. The predicted molar refractivity (Wildman–Crippen MR) is 77.6 cm³/mol. The first kappa shape index (κ1) is 13.6. The molecule has 18 heavy (non-hydrogen) atoms. The Morgan fingerprint density at radius 2 is 2.00 bits per heavy atom. The molecule has 0 radical (unpaired) electrons. The van der Waals surface area contributed by atoms with E-state index in [1.165, 1.54) is 37.9 Å². The number of likely N-dealkylation sites (tertiary alicyclic amines) is 1. The highest BCUT2D eigenvalue weighted by Crippen LogP contribution is 2.22. The van der Waals surface area contributed by atoms with Gasteiger partial charge in [0.15, 0.2) is 0 Å². The number of aryl methyl sites for hydroxylation is 1. The van der Waals surface area contributed by atoms with E-state index < -0.39 is 0 Å². The molecule has 2 rings (SSSR count). The molecule has 3 unspecified atom stereocenters. The Hall–Kier alpha value is -0.860. The summed E-state index contributed by atoms with van der Waals surface area (Å²) in [5, 5.41) is 0. The van der Waals surface area contributed by atoms with Gasteiger partial charge in [-0.1, -0.05) is 30.3 Å².